The number of hydrogen-bond donors (Lipinski definition) is 1. The van der Waals surface area contributed by atoms with Crippen molar-refractivity contribution in [1.29, 1.82) is 0 Å². The summed E-state index contributed by atoms with van der Waals surface area (Å²) in [5, 5.41) is 11.2. The fourth-order valence-electron chi connectivity index (χ4n) is 2.13. The molecule has 0 bridgehead atoms. The molecule has 132 valence electrons. The van der Waals surface area contributed by atoms with E-state index in [1.54, 1.807) is 24.3 Å². The molecule has 9 heteroatoms. The lowest BCUT2D eigenvalue weighted by Crippen LogP contribution is -2.41. The summed E-state index contributed by atoms with van der Waals surface area (Å²) in [6.45, 7) is 1.29. The standard InChI is InChI=1S/C16H15ClN2O5S/c1-11(20)16(10-12-2-4-13(17)5-3-12)18-25(23,24)15-8-6-14(7-9-15)19(21)22/h2-9,16,18H,10H2,1H3/t16-/m1/s1. The second-order valence-electron chi connectivity index (χ2n) is 5.37. The first-order valence-electron chi connectivity index (χ1n) is 7.21. The van der Waals surface area contributed by atoms with Gasteiger partial charge in [0.2, 0.25) is 10.0 Å². The third kappa shape index (κ3) is 5.09. The highest BCUT2D eigenvalue weighted by molar-refractivity contribution is 7.89. The minimum atomic E-state index is -3.99. The van der Waals surface area contributed by atoms with Gasteiger partial charge in [0.1, 0.15) is 5.78 Å². The van der Waals surface area contributed by atoms with Crippen LogP contribution in [0.15, 0.2) is 53.4 Å². The van der Waals surface area contributed by atoms with E-state index in [4.69, 9.17) is 11.6 Å². The molecule has 0 unspecified atom stereocenters. The first-order chi connectivity index (χ1) is 11.7. The Balaban J connectivity index is 2.20. The predicted octanol–water partition coefficient (Wildman–Crippen LogP) is 2.73. The molecule has 7 nitrogen and oxygen atoms in total. The molecule has 0 fully saturated rings. The van der Waals surface area contributed by atoms with Crippen LogP contribution in [-0.4, -0.2) is 25.2 Å². The number of sulfonamides is 1. The van der Waals surface area contributed by atoms with Crippen LogP contribution in [0.25, 0.3) is 0 Å². The number of non-ortho nitro benzene ring substituents is 1. The van der Waals surface area contributed by atoms with Gasteiger partial charge in [-0.05, 0) is 43.2 Å². The van der Waals surface area contributed by atoms with Gasteiger partial charge in [0.25, 0.3) is 5.69 Å². The molecule has 2 aromatic carbocycles. The molecule has 0 spiro atoms. The molecular formula is C16H15ClN2O5S. The first kappa shape index (κ1) is 19.0. The van der Waals surface area contributed by atoms with E-state index in [1.165, 1.54) is 6.92 Å². The zero-order chi connectivity index (χ0) is 18.6. The molecule has 0 heterocycles. The Morgan fingerprint density at radius 2 is 1.72 bits per heavy atom. The molecule has 0 amide bonds. The Labute approximate surface area is 149 Å². The first-order valence-corrected chi connectivity index (χ1v) is 9.07. The highest BCUT2D eigenvalue weighted by Crippen LogP contribution is 2.17. The number of nitro benzene ring substituents is 1. The van der Waals surface area contributed by atoms with E-state index in [2.05, 4.69) is 4.72 Å². The largest absolute Gasteiger partial charge is 0.298 e. The van der Waals surface area contributed by atoms with Crippen LogP contribution < -0.4 is 4.72 Å². The summed E-state index contributed by atoms with van der Waals surface area (Å²) in [5.74, 6) is -0.347. The normalized spacial score (nSPS) is 12.6. The van der Waals surface area contributed by atoms with Crippen LogP contribution in [0.3, 0.4) is 0 Å². The Bertz CT molecular complexity index is 880. The number of Topliss-reactive ketones (excluding diaryl/α,β-unsaturated/α-hetero) is 1. The Morgan fingerprint density at radius 1 is 1.16 bits per heavy atom. The molecule has 0 saturated heterocycles. The molecule has 0 aliphatic heterocycles. The lowest BCUT2D eigenvalue weighted by Gasteiger charge is -2.16. The molecule has 0 saturated carbocycles. The number of ketones is 1. The average Bonchev–Trinajstić information content (AvgIpc) is 2.56. The molecule has 2 aromatic rings. The van der Waals surface area contributed by atoms with Crippen molar-refractivity contribution in [2.75, 3.05) is 0 Å². The number of carbonyl (C=O) groups is 1. The van der Waals surface area contributed by atoms with E-state index in [0.717, 1.165) is 29.8 Å². The summed E-state index contributed by atoms with van der Waals surface area (Å²) >= 11 is 5.81. The van der Waals surface area contributed by atoms with Gasteiger partial charge in [-0.15, -0.1) is 0 Å². The van der Waals surface area contributed by atoms with Crippen molar-refractivity contribution >= 4 is 33.1 Å². The summed E-state index contributed by atoms with van der Waals surface area (Å²) in [6, 6.07) is 10.2. The van der Waals surface area contributed by atoms with Crippen molar-refractivity contribution in [3.8, 4) is 0 Å². The summed E-state index contributed by atoms with van der Waals surface area (Å²) < 4.78 is 27.2. The highest BCUT2D eigenvalue weighted by atomic mass is 35.5. The van der Waals surface area contributed by atoms with E-state index in [-0.39, 0.29) is 22.8 Å². The summed E-state index contributed by atoms with van der Waals surface area (Å²) in [4.78, 5) is 21.7. The lowest BCUT2D eigenvalue weighted by atomic mass is 10.0. The van der Waals surface area contributed by atoms with E-state index >= 15 is 0 Å². The number of rotatable bonds is 7. The van der Waals surface area contributed by atoms with Gasteiger partial charge in [-0.25, -0.2) is 13.1 Å². The van der Waals surface area contributed by atoms with Crippen LogP contribution in [-0.2, 0) is 21.2 Å². The number of nitrogens with one attached hydrogen (secondary N) is 1. The van der Waals surface area contributed by atoms with Gasteiger partial charge in [-0.2, -0.15) is 0 Å². The van der Waals surface area contributed by atoms with Gasteiger partial charge in [0, 0.05) is 17.2 Å². The molecule has 0 radical (unpaired) electrons. The van der Waals surface area contributed by atoms with E-state index < -0.39 is 21.0 Å². The lowest BCUT2D eigenvalue weighted by molar-refractivity contribution is -0.384. The van der Waals surface area contributed by atoms with Gasteiger partial charge in [-0.3, -0.25) is 14.9 Å². The Morgan fingerprint density at radius 3 is 2.20 bits per heavy atom. The molecule has 0 aliphatic rings. The monoisotopic (exact) mass is 382 g/mol. The number of nitrogens with zero attached hydrogens (tertiary/aromatic N) is 1. The van der Waals surface area contributed by atoms with E-state index in [9.17, 15) is 23.3 Å². The molecule has 25 heavy (non-hydrogen) atoms. The average molecular weight is 383 g/mol. The molecule has 1 atom stereocenters. The third-order valence-corrected chi connectivity index (χ3v) is 5.24. The molecule has 0 aromatic heterocycles. The third-order valence-electron chi connectivity index (χ3n) is 3.50. The number of hydrogen-bond acceptors (Lipinski definition) is 5. The van der Waals surface area contributed by atoms with Crippen molar-refractivity contribution in [2.24, 2.45) is 0 Å². The smallest absolute Gasteiger partial charge is 0.269 e. The van der Waals surface area contributed by atoms with Gasteiger partial charge >= 0.3 is 0 Å². The fraction of sp³-hybridized carbons (Fsp3) is 0.188. The number of carbonyl (C=O) groups excluding carboxylic acids is 1. The SMILES string of the molecule is CC(=O)[C@@H](Cc1ccc(Cl)cc1)NS(=O)(=O)c1ccc([N+](=O)[O-])cc1. The van der Waals surface area contributed by atoms with Gasteiger partial charge < -0.3 is 0 Å². The van der Waals surface area contributed by atoms with Crippen LogP contribution in [0.4, 0.5) is 5.69 Å². The van der Waals surface area contributed by atoms with Crippen LogP contribution in [0.2, 0.25) is 5.02 Å². The fourth-order valence-corrected chi connectivity index (χ4v) is 3.51. The quantitative estimate of drug-likeness (QED) is 0.585. The van der Waals surface area contributed by atoms with Crippen LogP contribution in [0.1, 0.15) is 12.5 Å². The number of halogens is 1. The maximum atomic E-state index is 12.4. The Hall–Kier alpha value is -2.29. The molecule has 0 aliphatic carbocycles. The molecule has 1 N–H and O–H groups in total. The predicted molar refractivity (Wildman–Crippen MR) is 93.0 cm³/mol. The van der Waals surface area contributed by atoms with Gasteiger partial charge in [-0.1, -0.05) is 23.7 Å². The topological polar surface area (TPSA) is 106 Å². The molecular weight excluding hydrogens is 368 g/mol. The van der Waals surface area contributed by atoms with Gasteiger partial charge in [0.15, 0.2) is 0 Å². The van der Waals surface area contributed by atoms with Crippen molar-refractivity contribution < 1.29 is 18.1 Å². The van der Waals surface area contributed by atoms with Crippen LogP contribution in [0.5, 0.6) is 0 Å². The summed E-state index contributed by atoms with van der Waals surface area (Å²) in [6.07, 6.45) is 0.165. The highest BCUT2D eigenvalue weighted by Gasteiger charge is 2.24. The van der Waals surface area contributed by atoms with E-state index in [1.807, 2.05) is 0 Å². The second-order valence-corrected chi connectivity index (χ2v) is 7.52. The zero-order valence-corrected chi connectivity index (χ0v) is 14.8. The van der Waals surface area contributed by atoms with Crippen molar-refractivity contribution in [1.82, 2.24) is 4.72 Å². The van der Waals surface area contributed by atoms with E-state index in [0.29, 0.717) is 5.02 Å². The Kier molecular flexibility index (Phi) is 5.89. The van der Waals surface area contributed by atoms with Crippen LogP contribution in [0, 0.1) is 10.1 Å². The summed E-state index contributed by atoms with van der Waals surface area (Å²) in [7, 11) is -3.99. The van der Waals surface area contributed by atoms with Gasteiger partial charge in [0.05, 0.1) is 15.9 Å². The second kappa shape index (κ2) is 7.73. The molecule has 2 rings (SSSR count). The maximum Gasteiger partial charge on any atom is 0.269 e. The van der Waals surface area contributed by atoms with Crippen molar-refractivity contribution in [3.05, 3.63) is 69.2 Å². The van der Waals surface area contributed by atoms with Crippen LogP contribution >= 0.6 is 11.6 Å². The minimum Gasteiger partial charge on any atom is -0.298 e. The number of benzene rings is 2. The maximum absolute atomic E-state index is 12.4. The minimum absolute atomic E-state index is 0.152. The van der Waals surface area contributed by atoms with Crippen molar-refractivity contribution in [3.63, 3.8) is 0 Å². The van der Waals surface area contributed by atoms with Crippen molar-refractivity contribution in [2.45, 2.75) is 24.3 Å². The summed E-state index contributed by atoms with van der Waals surface area (Å²) in [5.41, 5.74) is 0.527. The zero-order valence-electron chi connectivity index (χ0n) is 13.2. The number of nitro groups is 1.